The summed E-state index contributed by atoms with van der Waals surface area (Å²) in [7, 11) is 0. The molecule has 0 saturated heterocycles. The van der Waals surface area contributed by atoms with Crippen molar-refractivity contribution < 1.29 is 0 Å². The van der Waals surface area contributed by atoms with Gasteiger partial charge in [0.1, 0.15) is 0 Å². The monoisotopic (exact) mass is 970 g/mol. The first kappa shape index (κ1) is 43.4. The average Bonchev–Trinajstić information content (AvgIpc) is 3.65. The molecular formula is C68H42N8. The van der Waals surface area contributed by atoms with E-state index in [1.165, 1.54) is 33.4 Å². The fourth-order valence-corrected chi connectivity index (χ4v) is 11.5. The standard InChI is InChI=1S/C68H42N8/c1-3-11-45(12-4-1)67-73-59(43-25-21-41(22-26-43)49-17-9-19-57-65(49)71-35-33-69-57)39-61(75-67)47-29-31-53-55(37-47)63-51-15-7-8-16-52(51)64(53)56-38-48(30-32-54(56)63)62-40-60(74-68(76-62)46-13-5-2-6-14-46)44-27-23-42(24-28-44)50-18-10-20-58-66(50)72-36-34-70-58/h1-40,63-64H. The number of para-hydroxylation sites is 2. The highest BCUT2D eigenvalue weighted by Gasteiger charge is 2.41. The van der Waals surface area contributed by atoms with Crippen molar-refractivity contribution in [2.24, 2.45) is 0 Å². The van der Waals surface area contributed by atoms with Crippen molar-refractivity contribution in [1.29, 1.82) is 0 Å². The molecule has 16 rings (SSSR count). The van der Waals surface area contributed by atoms with Gasteiger partial charge in [-0.1, -0.05) is 182 Å². The van der Waals surface area contributed by atoms with Gasteiger partial charge in [-0.15, -0.1) is 0 Å². The third kappa shape index (κ3) is 7.37. The molecule has 3 aliphatic rings. The lowest BCUT2D eigenvalue weighted by Gasteiger charge is -2.42. The smallest absolute Gasteiger partial charge is 0.160 e. The van der Waals surface area contributed by atoms with Crippen LogP contribution in [0.15, 0.2) is 243 Å². The van der Waals surface area contributed by atoms with Crippen LogP contribution in [0.4, 0.5) is 0 Å². The number of aromatic nitrogens is 8. The van der Waals surface area contributed by atoms with E-state index in [1.54, 1.807) is 24.8 Å². The van der Waals surface area contributed by atoms with E-state index in [1.807, 2.05) is 60.7 Å². The second-order valence-electron chi connectivity index (χ2n) is 19.5. The lowest BCUT2D eigenvalue weighted by Crippen LogP contribution is -2.27. The number of nitrogens with zero attached hydrogens (tertiary/aromatic N) is 8. The predicted octanol–water partition coefficient (Wildman–Crippen LogP) is 15.5. The van der Waals surface area contributed by atoms with Crippen LogP contribution in [-0.2, 0) is 0 Å². The Labute approximate surface area is 438 Å². The Morgan fingerprint density at radius 3 is 1.03 bits per heavy atom. The van der Waals surface area contributed by atoms with E-state index in [0.29, 0.717) is 11.6 Å². The van der Waals surface area contributed by atoms with Crippen molar-refractivity contribution in [2.45, 2.75) is 11.8 Å². The summed E-state index contributed by atoms with van der Waals surface area (Å²) in [5, 5.41) is 0. The summed E-state index contributed by atoms with van der Waals surface area (Å²) in [5.41, 5.74) is 25.1. The fourth-order valence-electron chi connectivity index (χ4n) is 11.5. The molecule has 0 aliphatic heterocycles. The molecule has 0 fully saturated rings. The Kier molecular flexibility index (Phi) is 10.2. The van der Waals surface area contributed by atoms with Gasteiger partial charge in [-0.2, -0.15) is 0 Å². The Morgan fingerprint density at radius 1 is 0.237 bits per heavy atom. The zero-order chi connectivity index (χ0) is 50.1. The number of benzene rings is 9. The van der Waals surface area contributed by atoms with E-state index >= 15 is 0 Å². The topological polar surface area (TPSA) is 103 Å². The van der Waals surface area contributed by atoms with Gasteiger partial charge >= 0.3 is 0 Å². The summed E-state index contributed by atoms with van der Waals surface area (Å²) in [6.45, 7) is 0. The maximum Gasteiger partial charge on any atom is 0.160 e. The van der Waals surface area contributed by atoms with Gasteiger partial charge in [0.25, 0.3) is 0 Å². The first-order valence-electron chi connectivity index (χ1n) is 25.5. The third-order valence-electron chi connectivity index (χ3n) is 15.1. The van der Waals surface area contributed by atoms with Crippen LogP contribution >= 0.6 is 0 Å². The van der Waals surface area contributed by atoms with Crippen molar-refractivity contribution in [3.63, 3.8) is 0 Å². The first-order chi connectivity index (χ1) is 37.6. The van der Waals surface area contributed by atoms with Crippen molar-refractivity contribution in [3.8, 4) is 90.1 Å². The van der Waals surface area contributed by atoms with Crippen molar-refractivity contribution in [1.82, 2.24) is 39.9 Å². The van der Waals surface area contributed by atoms with Gasteiger partial charge in [-0.25, -0.2) is 19.9 Å². The van der Waals surface area contributed by atoms with E-state index in [-0.39, 0.29) is 11.8 Å². The lowest BCUT2D eigenvalue weighted by atomic mass is 9.60. The van der Waals surface area contributed by atoms with E-state index in [2.05, 4.69) is 178 Å². The molecule has 2 atom stereocenters. The van der Waals surface area contributed by atoms with E-state index in [9.17, 15) is 0 Å². The van der Waals surface area contributed by atoms with Gasteiger partial charge in [-0.05, 0) is 80.9 Å². The maximum absolute atomic E-state index is 5.29. The highest BCUT2D eigenvalue weighted by Crippen LogP contribution is 2.57. The van der Waals surface area contributed by atoms with Gasteiger partial charge in [0.2, 0.25) is 0 Å². The molecule has 3 aliphatic carbocycles. The number of hydrogen-bond acceptors (Lipinski definition) is 8. The largest absolute Gasteiger partial charge is 0.253 e. The van der Waals surface area contributed by atoms with E-state index in [4.69, 9.17) is 19.9 Å². The number of hydrogen-bond donors (Lipinski definition) is 0. The van der Waals surface area contributed by atoms with Gasteiger partial charge in [-0.3, -0.25) is 19.9 Å². The molecule has 0 N–H and O–H groups in total. The third-order valence-corrected chi connectivity index (χ3v) is 15.1. The highest BCUT2D eigenvalue weighted by atomic mass is 14.9. The quantitative estimate of drug-likeness (QED) is 0.148. The molecule has 2 bridgehead atoms. The predicted molar refractivity (Wildman–Crippen MR) is 302 cm³/mol. The molecule has 354 valence electrons. The molecule has 4 aromatic heterocycles. The van der Waals surface area contributed by atoms with Crippen LogP contribution in [0.1, 0.15) is 45.2 Å². The molecule has 4 heterocycles. The molecule has 76 heavy (non-hydrogen) atoms. The average molecular weight is 971 g/mol. The second kappa shape index (κ2) is 17.8. The van der Waals surface area contributed by atoms with Crippen LogP contribution < -0.4 is 0 Å². The molecule has 0 spiro atoms. The minimum absolute atomic E-state index is 0.0356. The molecule has 13 aromatic rings. The van der Waals surface area contributed by atoms with E-state index < -0.39 is 0 Å². The SMILES string of the molecule is c1ccc(-c2nc(-c3ccc(-c4cccc5nccnc45)cc3)cc(-c3ccc4c(c3)C3c5ccccc5C4c4cc(-c5cc(-c6ccc(-c7cccc8nccnc78)cc6)nc(-c6ccccc6)n5)ccc43)n2)cc1. The Hall–Kier alpha value is -10.2. The maximum atomic E-state index is 5.29. The highest BCUT2D eigenvalue weighted by molar-refractivity contribution is 5.93. The van der Waals surface area contributed by atoms with Crippen molar-refractivity contribution >= 4 is 22.1 Å². The Morgan fingerprint density at radius 2 is 0.592 bits per heavy atom. The molecule has 8 heteroatoms. The van der Waals surface area contributed by atoms with Crippen LogP contribution in [0.5, 0.6) is 0 Å². The molecule has 0 saturated carbocycles. The molecule has 0 amide bonds. The van der Waals surface area contributed by atoms with Crippen LogP contribution in [0, 0.1) is 0 Å². The zero-order valence-electron chi connectivity index (χ0n) is 40.8. The first-order valence-corrected chi connectivity index (χ1v) is 25.5. The minimum Gasteiger partial charge on any atom is -0.253 e. The minimum atomic E-state index is 0.0356. The molecule has 9 aromatic carbocycles. The summed E-state index contributed by atoms with van der Waals surface area (Å²) in [5.74, 6) is 1.43. The van der Waals surface area contributed by atoms with Crippen molar-refractivity contribution in [3.05, 3.63) is 277 Å². The summed E-state index contributed by atoms with van der Waals surface area (Å²) in [4.78, 5) is 39.4. The second-order valence-corrected chi connectivity index (χ2v) is 19.5. The molecule has 8 nitrogen and oxygen atoms in total. The van der Waals surface area contributed by atoms with Crippen molar-refractivity contribution in [2.75, 3.05) is 0 Å². The van der Waals surface area contributed by atoms with Crippen LogP contribution in [0.3, 0.4) is 0 Å². The normalized spacial score (nSPS) is 14.1. The Balaban J connectivity index is 0.811. The van der Waals surface area contributed by atoms with Gasteiger partial charge in [0.15, 0.2) is 11.6 Å². The van der Waals surface area contributed by atoms with Gasteiger partial charge < -0.3 is 0 Å². The van der Waals surface area contributed by atoms with Gasteiger partial charge in [0.05, 0.1) is 44.8 Å². The van der Waals surface area contributed by atoms with Crippen LogP contribution in [0.25, 0.3) is 112 Å². The number of fused-ring (bicyclic) bond motifs is 2. The number of rotatable bonds is 8. The summed E-state index contributed by atoms with van der Waals surface area (Å²) in [6.07, 6.45) is 6.96. The summed E-state index contributed by atoms with van der Waals surface area (Å²) >= 11 is 0. The van der Waals surface area contributed by atoms with Crippen LogP contribution in [0.2, 0.25) is 0 Å². The molecule has 2 unspecified atom stereocenters. The summed E-state index contributed by atoms with van der Waals surface area (Å²) < 4.78 is 0. The lowest BCUT2D eigenvalue weighted by molar-refractivity contribution is 0.755. The molecular weight excluding hydrogens is 929 g/mol. The molecule has 0 radical (unpaired) electrons. The zero-order valence-corrected chi connectivity index (χ0v) is 40.8. The summed E-state index contributed by atoms with van der Waals surface area (Å²) in [6, 6.07) is 77.1. The van der Waals surface area contributed by atoms with Gasteiger partial charge in [0, 0.05) is 81.1 Å². The Bertz CT molecular complexity index is 4110. The van der Waals surface area contributed by atoms with Crippen LogP contribution in [-0.4, -0.2) is 39.9 Å². The van der Waals surface area contributed by atoms with E-state index in [0.717, 1.165) is 100 Å². The fraction of sp³-hybridized carbons (Fsp3) is 0.0294.